The lowest BCUT2D eigenvalue weighted by Gasteiger charge is -2.34. The van der Waals surface area contributed by atoms with Gasteiger partial charge in [-0.25, -0.2) is 0 Å². The first-order valence-electron chi connectivity index (χ1n) is 5.56. The summed E-state index contributed by atoms with van der Waals surface area (Å²) >= 11 is 0. The highest BCUT2D eigenvalue weighted by molar-refractivity contribution is 6.80. The van der Waals surface area contributed by atoms with E-state index in [1.807, 2.05) is 0 Å². The minimum absolute atomic E-state index is 0.828. The molecule has 0 aromatic rings. The number of fused-ring (bicyclic) bond motifs is 1. The fourth-order valence-corrected chi connectivity index (χ4v) is 8.42. The van der Waals surface area contributed by atoms with Crippen LogP contribution in [-0.4, -0.2) is 8.07 Å². The maximum absolute atomic E-state index is 2.60. The summed E-state index contributed by atoms with van der Waals surface area (Å²) in [4.78, 5) is 0. The molecule has 4 atom stereocenters. The molecule has 4 bridgehead atoms. The van der Waals surface area contributed by atoms with E-state index >= 15 is 0 Å². The lowest BCUT2D eigenvalue weighted by molar-refractivity contribution is 0.318. The average Bonchev–Trinajstić information content (AvgIpc) is 2.51. The summed E-state index contributed by atoms with van der Waals surface area (Å²) in [6, 6.07) is 0. The number of hydrogen-bond acceptors (Lipinski definition) is 0. The Labute approximate surface area is 76.8 Å². The van der Waals surface area contributed by atoms with E-state index in [4.69, 9.17) is 0 Å². The van der Waals surface area contributed by atoms with Crippen molar-refractivity contribution in [3.05, 3.63) is 0 Å². The Morgan fingerprint density at radius 3 is 2.08 bits per heavy atom. The van der Waals surface area contributed by atoms with Crippen LogP contribution in [0.15, 0.2) is 0 Å². The standard InChI is InChI=1S/C11H20Si/c1-12(2,3)11-7-8-4-5-9(11)10(11)6-8/h8-10H,4-7H2,1-3H3/t8-,9+,10?,11?/m1/s1. The second-order valence-corrected chi connectivity index (χ2v) is 11.8. The first kappa shape index (κ1) is 7.60. The highest BCUT2D eigenvalue weighted by Gasteiger charge is 2.74. The van der Waals surface area contributed by atoms with Crippen molar-refractivity contribution < 1.29 is 0 Å². The van der Waals surface area contributed by atoms with E-state index in [1.165, 1.54) is 11.8 Å². The Bertz CT molecular complexity index is 222. The molecule has 0 aromatic carbocycles. The van der Waals surface area contributed by atoms with Gasteiger partial charge in [-0.15, -0.1) is 0 Å². The monoisotopic (exact) mass is 180 g/mol. The van der Waals surface area contributed by atoms with Gasteiger partial charge in [0, 0.05) is 0 Å². The quantitative estimate of drug-likeness (QED) is 0.542. The minimum Gasteiger partial charge on any atom is -0.0691 e. The molecule has 0 amide bonds. The summed E-state index contributed by atoms with van der Waals surface area (Å²) in [5.41, 5.74) is 0. The Balaban J connectivity index is 1.97. The third-order valence-corrected chi connectivity index (χ3v) is 8.93. The molecule has 0 nitrogen and oxygen atoms in total. The van der Waals surface area contributed by atoms with Gasteiger partial charge in [-0.05, 0) is 42.1 Å². The van der Waals surface area contributed by atoms with Gasteiger partial charge in [0.15, 0.2) is 0 Å². The van der Waals surface area contributed by atoms with Crippen molar-refractivity contribution in [1.29, 1.82) is 0 Å². The van der Waals surface area contributed by atoms with Crippen LogP contribution in [0.5, 0.6) is 0 Å². The van der Waals surface area contributed by atoms with Gasteiger partial charge in [-0.2, -0.15) is 0 Å². The molecule has 0 aromatic heterocycles. The predicted octanol–water partition coefficient (Wildman–Crippen LogP) is 3.51. The van der Waals surface area contributed by atoms with E-state index in [0.29, 0.717) is 0 Å². The highest BCUT2D eigenvalue weighted by atomic mass is 28.3. The summed E-state index contributed by atoms with van der Waals surface area (Å²) in [5.74, 6) is 3.57. The molecule has 0 heterocycles. The summed E-state index contributed by atoms with van der Waals surface area (Å²) in [7, 11) is -0.828. The fraction of sp³-hybridized carbons (Fsp3) is 1.00. The van der Waals surface area contributed by atoms with Crippen molar-refractivity contribution >= 4 is 8.07 Å². The molecule has 0 aliphatic heterocycles. The molecule has 0 spiro atoms. The zero-order valence-electron chi connectivity index (χ0n) is 8.56. The molecule has 0 radical (unpaired) electrons. The van der Waals surface area contributed by atoms with Crippen molar-refractivity contribution in [3.63, 3.8) is 0 Å². The molecule has 4 saturated carbocycles. The third kappa shape index (κ3) is 0.627. The van der Waals surface area contributed by atoms with Crippen LogP contribution >= 0.6 is 0 Å². The van der Waals surface area contributed by atoms with Gasteiger partial charge in [-0.1, -0.05) is 26.1 Å². The first-order chi connectivity index (χ1) is 5.56. The van der Waals surface area contributed by atoms with Crippen LogP contribution in [0.1, 0.15) is 25.7 Å². The van der Waals surface area contributed by atoms with E-state index in [2.05, 4.69) is 19.6 Å². The second-order valence-electron chi connectivity index (χ2n) is 6.39. The van der Waals surface area contributed by atoms with E-state index in [-0.39, 0.29) is 0 Å². The minimum atomic E-state index is -0.828. The van der Waals surface area contributed by atoms with Crippen LogP contribution < -0.4 is 0 Å². The van der Waals surface area contributed by atoms with Crippen LogP contribution in [0.4, 0.5) is 0 Å². The lowest BCUT2D eigenvalue weighted by atomic mass is 9.86. The van der Waals surface area contributed by atoms with Gasteiger partial charge >= 0.3 is 0 Å². The Morgan fingerprint density at radius 2 is 1.83 bits per heavy atom. The molecule has 4 aliphatic rings. The molecule has 1 heteroatoms. The van der Waals surface area contributed by atoms with Crippen LogP contribution in [0.2, 0.25) is 24.7 Å². The van der Waals surface area contributed by atoms with Gasteiger partial charge < -0.3 is 0 Å². The molecule has 12 heavy (non-hydrogen) atoms. The van der Waals surface area contributed by atoms with Crippen molar-refractivity contribution in [1.82, 2.24) is 0 Å². The Hall–Kier alpha value is 0.217. The van der Waals surface area contributed by atoms with Crippen molar-refractivity contribution in [2.24, 2.45) is 17.8 Å². The summed E-state index contributed by atoms with van der Waals surface area (Å²) in [6.07, 6.45) is 6.43. The summed E-state index contributed by atoms with van der Waals surface area (Å²) < 4.78 is 0. The van der Waals surface area contributed by atoms with Crippen LogP contribution in [0, 0.1) is 17.8 Å². The average molecular weight is 180 g/mol. The highest BCUT2D eigenvalue weighted by Crippen LogP contribution is 2.84. The van der Waals surface area contributed by atoms with Crippen molar-refractivity contribution in [3.8, 4) is 0 Å². The molecule has 4 fully saturated rings. The van der Waals surface area contributed by atoms with Gasteiger partial charge in [-0.3, -0.25) is 0 Å². The van der Waals surface area contributed by atoms with Crippen molar-refractivity contribution in [2.75, 3.05) is 0 Å². The smallest absolute Gasteiger partial charge is 0.0513 e. The van der Waals surface area contributed by atoms with Gasteiger partial charge in [0.05, 0.1) is 8.07 Å². The summed E-state index contributed by atoms with van der Waals surface area (Å²) in [5, 5.41) is 0.954. The second kappa shape index (κ2) is 1.84. The molecule has 68 valence electrons. The maximum atomic E-state index is 2.60. The fourth-order valence-electron chi connectivity index (χ4n) is 4.71. The van der Waals surface area contributed by atoms with Gasteiger partial charge in [0.1, 0.15) is 0 Å². The topological polar surface area (TPSA) is 0 Å². The maximum Gasteiger partial charge on any atom is 0.0513 e. The first-order valence-corrected chi connectivity index (χ1v) is 9.06. The SMILES string of the molecule is C[Si](C)(C)C12C[C@@H]3CC[C@H]1C2C3. The molecule has 0 N–H and O–H groups in total. The molecule has 4 rings (SSSR count). The predicted molar refractivity (Wildman–Crippen MR) is 55.0 cm³/mol. The third-order valence-electron chi connectivity index (χ3n) is 5.20. The van der Waals surface area contributed by atoms with Gasteiger partial charge in [0.25, 0.3) is 0 Å². The Kier molecular flexibility index (Phi) is 1.17. The lowest BCUT2D eigenvalue weighted by Crippen LogP contribution is -2.33. The molecule has 2 unspecified atom stereocenters. The van der Waals surface area contributed by atoms with Gasteiger partial charge in [0.2, 0.25) is 0 Å². The van der Waals surface area contributed by atoms with E-state index in [9.17, 15) is 0 Å². The zero-order valence-corrected chi connectivity index (χ0v) is 9.56. The van der Waals surface area contributed by atoms with E-state index < -0.39 is 8.07 Å². The molecular formula is C11H20Si. The molecular weight excluding hydrogens is 160 g/mol. The van der Waals surface area contributed by atoms with Crippen LogP contribution in [-0.2, 0) is 0 Å². The number of hydrogen-bond donors (Lipinski definition) is 0. The summed E-state index contributed by atoms with van der Waals surface area (Å²) in [6.45, 7) is 7.81. The normalized spacial score (nSPS) is 55.8. The van der Waals surface area contributed by atoms with Crippen LogP contribution in [0.25, 0.3) is 0 Å². The van der Waals surface area contributed by atoms with E-state index in [1.54, 1.807) is 25.7 Å². The molecule has 0 saturated heterocycles. The molecule has 4 aliphatic carbocycles. The zero-order chi connectivity index (χ0) is 8.56. The number of rotatable bonds is 1. The Morgan fingerprint density at radius 1 is 1.08 bits per heavy atom. The van der Waals surface area contributed by atoms with E-state index in [0.717, 1.165) is 11.0 Å². The van der Waals surface area contributed by atoms with Crippen LogP contribution in [0.3, 0.4) is 0 Å². The largest absolute Gasteiger partial charge is 0.0691 e. The van der Waals surface area contributed by atoms with Crippen molar-refractivity contribution in [2.45, 2.75) is 50.4 Å².